The Kier molecular flexibility index (Phi) is 7.68. The van der Waals surface area contributed by atoms with Crippen LogP contribution in [0, 0.1) is 0 Å². The van der Waals surface area contributed by atoms with E-state index in [4.69, 9.17) is 0 Å². The lowest BCUT2D eigenvalue weighted by atomic mass is 10.3. The summed E-state index contributed by atoms with van der Waals surface area (Å²) >= 11 is 0. The van der Waals surface area contributed by atoms with Gasteiger partial charge in [-0.2, -0.15) is 0 Å². The third-order valence-electron chi connectivity index (χ3n) is 2.39. The van der Waals surface area contributed by atoms with Crippen molar-refractivity contribution >= 4 is 14.0 Å². The predicted molar refractivity (Wildman–Crippen MR) is 69.4 cm³/mol. The number of hydrogen-bond donors (Lipinski definition) is 0. The number of carbonyl (C=O) groups is 1. The van der Waals surface area contributed by atoms with E-state index < -0.39 is 0 Å². The second kappa shape index (κ2) is 7.87. The first-order valence-electron chi connectivity index (χ1n) is 5.80. The van der Waals surface area contributed by atoms with Crippen LogP contribution in [0.15, 0.2) is 12.2 Å². The molecule has 0 fully saturated rings. The topological polar surface area (TPSA) is 20.3 Å². The molecule has 2 nitrogen and oxygen atoms in total. The summed E-state index contributed by atoms with van der Waals surface area (Å²) in [4.78, 5) is 12.0. The maximum atomic E-state index is 12.0. The van der Waals surface area contributed by atoms with Crippen molar-refractivity contribution in [2.24, 2.45) is 0 Å². The molecule has 0 aliphatic rings. The van der Waals surface area contributed by atoms with E-state index in [2.05, 4.69) is 32.0 Å². The van der Waals surface area contributed by atoms with Gasteiger partial charge in [0.1, 0.15) is 0 Å². The van der Waals surface area contributed by atoms with E-state index in [9.17, 15) is 4.79 Å². The highest BCUT2D eigenvalue weighted by atomic mass is 31.1. The molecule has 0 aliphatic carbocycles. The molecule has 0 atom stereocenters. The van der Waals surface area contributed by atoms with Crippen molar-refractivity contribution in [3.8, 4) is 0 Å². The maximum Gasteiger partial charge on any atom is 0.252 e. The van der Waals surface area contributed by atoms with E-state index >= 15 is 0 Å². The van der Waals surface area contributed by atoms with Crippen LogP contribution in [-0.4, -0.2) is 29.4 Å². The fourth-order valence-electron chi connectivity index (χ4n) is 1.46. The van der Waals surface area contributed by atoms with E-state index in [-0.39, 0.29) is 14.0 Å². The summed E-state index contributed by atoms with van der Waals surface area (Å²) in [5.74, 6) is 0.151. The molecule has 3 heteroatoms. The Morgan fingerprint density at radius 1 is 1.27 bits per heavy atom. The average molecular weight is 229 g/mol. The van der Waals surface area contributed by atoms with Gasteiger partial charge < -0.3 is 4.67 Å². The lowest BCUT2D eigenvalue weighted by molar-refractivity contribution is -0.122. The van der Waals surface area contributed by atoms with Gasteiger partial charge >= 0.3 is 0 Å². The maximum absolute atomic E-state index is 12.0. The quantitative estimate of drug-likeness (QED) is 0.482. The van der Waals surface area contributed by atoms with Crippen LogP contribution in [0.5, 0.6) is 0 Å². The van der Waals surface area contributed by atoms with Crippen LogP contribution in [0.3, 0.4) is 0 Å². The van der Waals surface area contributed by atoms with Crippen molar-refractivity contribution in [3.05, 3.63) is 12.2 Å². The number of nitrogens with zero attached hydrogens (tertiary/aromatic N) is 1. The smallest absolute Gasteiger partial charge is 0.252 e. The van der Waals surface area contributed by atoms with Crippen LogP contribution < -0.4 is 0 Å². The lowest BCUT2D eigenvalue weighted by Gasteiger charge is -2.30. The molecule has 0 N–H and O–H groups in total. The number of unbranched alkanes of at least 4 members (excludes halogenated alkanes) is 1. The van der Waals surface area contributed by atoms with Crippen molar-refractivity contribution < 1.29 is 4.79 Å². The van der Waals surface area contributed by atoms with Gasteiger partial charge in [-0.25, -0.2) is 0 Å². The van der Waals surface area contributed by atoms with Gasteiger partial charge in [0, 0.05) is 12.1 Å². The first-order chi connectivity index (χ1) is 7.08. The molecule has 15 heavy (non-hydrogen) atoms. The van der Waals surface area contributed by atoms with Crippen molar-refractivity contribution in [2.45, 2.75) is 40.5 Å². The molecule has 88 valence electrons. The van der Waals surface area contributed by atoms with E-state index in [1.807, 2.05) is 0 Å². The van der Waals surface area contributed by atoms with Crippen LogP contribution in [-0.2, 0) is 4.79 Å². The SMILES string of the molecule is C=C(C)C(=O)N(CCCC)P(CC)CC. The van der Waals surface area contributed by atoms with Gasteiger partial charge in [-0.05, 0) is 33.7 Å². The summed E-state index contributed by atoms with van der Waals surface area (Å²) in [6, 6.07) is 0. The molecule has 0 bridgehead atoms. The third kappa shape index (κ3) is 4.79. The zero-order chi connectivity index (χ0) is 11.8. The zero-order valence-electron chi connectivity index (χ0n) is 10.5. The first-order valence-corrected chi connectivity index (χ1v) is 7.47. The highest BCUT2D eigenvalue weighted by Crippen LogP contribution is 2.40. The standard InChI is InChI=1S/C12H24NOP/c1-6-9-10-13(12(14)11(4)5)15(7-2)8-3/h4,6-10H2,1-3,5H3. The van der Waals surface area contributed by atoms with Crippen LogP contribution in [0.25, 0.3) is 0 Å². The molecule has 0 saturated heterocycles. The minimum Gasteiger partial charge on any atom is -0.318 e. The van der Waals surface area contributed by atoms with E-state index in [1.165, 1.54) is 0 Å². The Bertz CT molecular complexity index is 212. The molecule has 0 saturated carbocycles. The van der Waals surface area contributed by atoms with E-state index in [0.717, 1.165) is 31.7 Å². The Balaban J connectivity index is 4.54. The van der Waals surface area contributed by atoms with Gasteiger partial charge in [-0.1, -0.05) is 33.8 Å². The van der Waals surface area contributed by atoms with Gasteiger partial charge in [-0.15, -0.1) is 0 Å². The van der Waals surface area contributed by atoms with E-state index in [0.29, 0.717) is 5.57 Å². The van der Waals surface area contributed by atoms with Gasteiger partial charge in [0.25, 0.3) is 5.91 Å². The molecule has 0 aromatic rings. The Hall–Kier alpha value is -0.360. The van der Waals surface area contributed by atoms with Crippen LogP contribution in [0.2, 0.25) is 0 Å². The highest BCUT2D eigenvalue weighted by molar-refractivity contribution is 7.55. The van der Waals surface area contributed by atoms with Gasteiger partial charge in [0.2, 0.25) is 0 Å². The lowest BCUT2D eigenvalue weighted by Crippen LogP contribution is -2.28. The fourth-order valence-corrected chi connectivity index (χ4v) is 3.45. The molecule has 0 aliphatic heterocycles. The molecular weight excluding hydrogens is 205 g/mol. The average Bonchev–Trinajstić information content (AvgIpc) is 2.23. The monoisotopic (exact) mass is 229 g/mol. The minimum atomic E-state index is -0.280. The highest BCUT2D eigenvalue weighted by Gasteiger charge is 2.20. The Morgan fingerprint density at radius 2 is 1.80 bits per heavy atom. The van der Waals surface area contributed by atoms with Crippen LogP contribution in [0.4, 0.5) is 0 Å². The normalized spacial score (nSPS) is 10.5. The fraction of sp³-hybridized carbons (Fsp3) is 0.750. The summed E-state index contributed by atoms with van der Waals surface area (Å²) in [7, 11) is -0.280. The molecule has 1 amide bonds. The summed E-state index contributed by atoms with van der Waals surface area (Å²) in [5, 5.41) is 0. The molecule has 0 heterocycles. The summed E-state index contributed by atoms with van der Waals surface area (Å²) < 4.78 is 2.06. The zero-order valence-corrected chi connectivity index (χ0v) is 11.4. The van der Waals surface area contributed by atoms with Crippen molar-refractivity contribution in [1.29, 1.82) is 0 Å². The second-order valence-corrected chi connectivity index (χ2v) is 6.46. The molecule has 0 aromatic heterocycles. The summed E-state index contributed by atoms with van der Waals surface area (Å²) in [6.45, 7) is 12.9. The predicted octanol–water partition coefficient (Wildman–Crippen LogP) is 3.63. The molecular formula is C12H24NOP. The van der Waals surface area contributed by atoms with Crippen molar-refractivity contribution in [3.63, 3.8) is 0 Å². The molecule has 0 spiro atoms. The van der Waals surface area contributed by atoms with Crippen LogP contribution >= 0.6 is 8.07 Å². The number of hydrogen-bond acceptors (Lipinski definition) is 1. The number of amides is 1. The van der Waals surface area contributed by atoms with Crippen LogP contribution in [0.1, 0.15) is 40.5 Å². The summed E-state index contributed by atoms with van der Waals surface area (Å²) in [6.07, 6.45) is 4.41. The minimum absolute atomic E-state index is 0.151. The van der Waals surface area contributed by atoms with Gasteiger partial charge in [0.05, 0.1) is 0 Å². The Morgan fingerprint density at radius 3 is 2.13 bits per heavy atom. The molecule has 0 rings (SSSR count). The first kappa shape index (κ1) is 14.6. The second-order valence-electron chi connectivity index (χ2n) is 3.70. The Labute approximate surface area is 95.5 Å². The summed E-state index contributed by atoms with van der Waals surface area (Å²) in [5.41, 5.74) is 0.667. The van der Waals surface area contributed by atoms with E-state index in [1.54, 1.807) is 6.92 Å². The third-order valence-corrected chi connectivity index (χ3v) is 4.92. The van der Waals surface area contributed by atoms with Gasteiger partial charge in [0.15, 0.2) is 0 Å². The van der Waals surface area contributed by atoms with Crippen molar-refractivity contribution in [1.82, 2.24) is 4.67 Å². The number of carbonyl (C=O) groups excluding carboxylic acids is 1. The molecule has 0 radical (unpaired) electrons. The molecule has 0 aromatic carbocycles. The largest absolute Gasteiger partial charge is 0.318 e. The van der Waals surface area contributed by atoms with Crippen molar-refractivity contribution in [2.75, 3.05) is 18.9 Å². The number of rotatable bonds is 7. The van der Waals surface area contributed by atoms with Gasteiger partial charge in [-0.3, -0.25) is 4.79 Å². The molecule has 0 unspecified atom stereocenters.